The average Bonchev–Trinajstić information content (AvgIpc) is 1.68. The minimum Gasteiger partial charge on any atom is -0.497 e. The normalized spacial score (nSPS) is 26.3. The maximum atomic E-state index is 14.8. The monoisotopic (exact) mass is 2060 g/mol. The van der Waals surface area contributed by atoms with Crippen molar-refractivity contribution in [2.75, 3.05) is 81.7 Å². The Balaban J connectivity index is 0.000000572. The number of Topliss-reactive ketones (excluding diaryl/α,β-unsaturated/α-hetero) is 2. The highest BCUT2D eigenvalue weighted by molar-refractivity contribution is 6.06. The third-order valence-corrected chi connectivity index (χ3v) is 27.9. The molecule has 38 heteroatoms. The molecule has 4 aliphatic rings. The van der Waals surface area contributed by atoms with Gasteiger partial charge in [-0.05, 0) is 182 Å². The lowest BCUT2D eigenvalue weighted by Crippen LogP contribution is -2.59. The molecule has 0 unspecified atom stereocenters. The van der Waals surface area contributed by atoms with E-state index < -0.39 is 228 Å². The standard InChI is InChI=1S/C54H89N7O12.C49H80N6O11.C5H9NO/c1-15-17-24-55-54(70)60(13)42(27-32(5)6)50(66)58-40-30-56-46(34(9)16-2)44(62)29-45(63)73-48(33(7)8)47(64)35(10)49(65)57-39(26-31(3)4)51(67)61-25-18-19-41(61)52(68)59(12)43(53(69)72-36(40)11)28-37-20-22-38(71-14)23-21-37;1-14-30(8)42-40(56)25-41(57)66-44(29(6)7)43(58)31(9)45(59)52-36(23-28(4)5)47(61)55-21-15-16-38(55)48(62)54(12)39(24-33-17-19-34(64-13)20-18-33)49(63)65-32(10)37(26-51-42)53-46(60)35(50-11)22-27(2)3;1-2-3-4-6-5-7/h20-23,31-36,39-44,46,48,56,62H,15-19,24-30H2,1-14H3,(H,55,70)(H,57,65)(H,58,66);17-20,27-32,35-40,42,44,50-51,56H,14-16,21-26H2,1-13H3,(H,52,59)(H,53,60);2-4H2,1H3/t34-,35-,36+,39-,40+,41-,42+,43-,44-,46+,48-;30-,31-,32+,35+,36-,37+,38-,39-,40-,42+,44-;/m00./s1. The van der Waals surface area contributed by atoms with Crippen molar-refractivity contribution in [1.29, 1.82) is 0 Å². The number of hydrogen-bond acceptors (Lipinski definition) is 28. The lowest BCUT2D eigenvalue weighted by molar-refractivity contribution is -0.162. The molecule has 4 saturated heterocycles. The van der Waals surface area contributed by atoms with Gasteiger partial charge < -0.3 is 106 Å². The lowest BCUT2D eigenvalue weighted by atomic mass is 9.91. The third kappa shape index (κ3) is 39.8. The number of cyclic esters (lactones) is 4. The first-order chi connectivity index (χ1) is 68.8. The largest absolute Gasteiger partial charge is 0.497 e. The summed E-state index contributed by atoms with van der Waals surface area (Å²) in [4.78, 5) is 233. The van der Waals surface area contributed by atoms with Crippen LogP contribution >= 0.6 is 0 Å². The number of aliphatic hydroxyl groups is 2. The van der Waals surface area contributed by atoms with Gasteiger partial charge in [0.05, 0.1) is 75.8 Å². The summed E-state index contributed by atoms with van der Waals surface area (Å²) >= 11 is 0. The Hall–Kier alpha value is -10.5. The van der Waals surface area contributed by atoms with Gasteiger partial charge in [-0.2, -0.15) is 0 Å². The van der Waals surface area contributed by atoms with Crippen LogP contribution < -0.4 is 52.0 Å². The molecule has 2 aromatic carbocycles. The van der Waals surface area contributed by atoms with Gasteiger partial charge in [-0.25, -0.2) is 24.2 Å². The number of ketones is 2. The molecule has 4 fully saturated rings. The summed E-state index contributed by atoms with van der Waals surface area (Å²) in [6.45, 7) is 41.2. The van der Waals surface area contributed by atoms with Crippen LogP contribution in [0.25, 0.3) is 0 Å². The van der Waals surface area contributed by atoms with Crippen molar-refractivity contribution < 1.29 is 115 Å². The number of carbonyl (C=O) groups is 15. The van der Waals surface area contributed by atoms with Gasteiger partial charge in [-0.15, -0.1) is 0 Å². The van der Waals surface area contributed by atoms with Crippen LogP contribution in [0, 0.1) is 59.2 Å². The summed E-state index contributed by atoms with van der Waals surface area (Å²) in [7, 11) is 9.30. The molecule has 0 bridgehead atoms. The summed E-state index contributed by atoms with van der Waals surface area (Å²) in [6.07, 6.45) is 0.601. The van der Waals surface area contributed by atoms with Crippen molar-refractivity contribution in [2.24, 2.45) is 64.2 Å². The number of rotatable bonds is 32. The summed E-state index contributed by atoms with van der Waals surface area (Å²) in [5.41, 5.74) is 1.37. The molecule has 824 valence electrons. The van der Waals surface area contributed by atoms with Crippen LogP contribution in [0.1, 0.15) is 266 Å². The van der Waals surface area contributed by atoms with E-state index in [1.165, 1.54) is 65.6 Å². The summed E-state index contributed by atoms with van der Waals surface area (Å²) in [5, 5.41) is 47.8. The molecule has 0 saturated carbocycles. The molecule has 0 spiro atoms. The van der Waals surface area contributed by atoms with Crippen LogP contribution in [0.2, 0.25) is 0 Å². The zero-order valence-corrected chi connectivity index (χ0v) is 92.3. The number of nitrogens with zero attached hydrogens (tertiary/aromatic N) is 6. The van der Waals surface area contributed by atoms with E-state index >= 15 is 0 Å². The fourth-order valence-corrected chi connectivity index (χ4v) is 18.3. The van der Waals surface area contributed by atoms with Gasteiger partial charge >= 0.3 is 29.9 Å². The number of likely N-dealkylation sites (N-methyl/N-ethyl adjacent to an activating group) is 4. The van der Waals surface area contributed by atoms with Gasteiger partial charge in [0, 0.05) is 78.8 Å². The zero-order valence-electron chi connectivity index (χ0n) is 92.3. The molecule has 4 aliphatic heterocycles. The third-order valence-electron chi connectivity index (χ3n) is 27.9. The number of aliphatic imine (C=N–C) groups is 1. The number of aliphatic hydroxyl groups excluding tert-OH is 2. The van der Waals surface area contributed by atoms with E-state index in [-0.39, 0.29) is 99.7 Å². The van der Waals surface area contributed by atoms with Crippen molar-refractivity contribution in [2.45, 2.75) is 377 Å². The number of esters is 4. The molecule has 146 heavy (non-hydrogen) atoms. The number of unbranched alkanes of at least 4 members (excludes halogenated alkanes) is 2. The van der Waals surface area contributed by atoms with E-state index in [1.807, 2.05) is 90.0 Å². The summed E-state index contributed by atoms with van der Waals surface area (Å²) in [6, 6.07) is 2.10. The number of methoxy groups -OCH3 is 2. The molecular formula is C108H178N14O24. The van der Waals surface area contributed by atoms with E-state index in [2.05, 4.69) is 54.5 Å². The van der Waals surface area contributed by atoms with Gasteiger partial charge in [0.1, 0.15) is 66.0 Å². The van der Waals surface area contributed by atoms with Gasteiger partial charge in [0.25, 0.3) is 0 Å². The van der Waals surface area contributed by atoms with Crippen molar-refractivity contribution in [1.82, 2.24) is 67.0 Å². The molecule has 22 atom stereocenters. The molecule has 0 aliphatic carbocycles. The number of carbonyl (C=O) groups excluding carboxylic acids is 16. The molecule has 38 nitrogen and oxygen atoms in total. The fraction of sp³-hybridized carbons (Fsp3) is 0.741. The number of hydrogen-bond donors (Lipinski definition) is 10. The Morgan fingerprint density at radius 3 is 1.25 bits per heavy atom. The second-order valence-electron chi connectivity index (χ2n) is 42.2. The molecular weight excluding hydrogens is 1880 g/mol. The first-order valence-electron chi connectivity index (χ1n) is 52.9. The van der Waals surface area contributed by atoms with Crippen molar-refractivity contribution in [3.8, 4) is 11.5 Å². The minimum absolute atomic E-state index is 0.00414. The minimum atomic E-state index is -1.38. The quantitative estimate of drug-likeness (QED) is 0.00817. The van der Waals surface area contributed by atoms with Crippen molar-refractivity contribution in [3.05, 3.63) is 59.7 Å². The van der Waals surface area contributed by atoms with E-state index in [4.69, 9.17) is 28.4 Å². The van der Waals surface area contributed by atoms with Crippen LogP contribution in [0.4, 0.5) is 4.79 Å². The molecule has 10 amide bonds. The number of fused-ring (bicyclic) bond motifs is 2. The van der Waals surface area contributed by atoms with Crippen LogP contribution in [0.3, 0.4) is 0 Å². The van der Waals surface area contributed by atoms with Crippen molar-refractivity contribution in [3.63, 3.8) is 0 Å². The van der Waals surface area contributed by atoms with E-state index in [9.17, 15) is 86.9 Å². The molecule has 0 aromatic heterocycles. The molecule has 10 N–H and O–H groups in total. The van der Waals surface area contributed by atoms with E-state index in [0.717, 1.165) is 25.7 Å². The van der Waals surface area contributed by atoms with Gasteiger partial charge in [-0.3, -0.25) is 57.5 Å². The Bertz CT molecular complexity index is 4530. The summed E-state index contributed by atoms with van der Waals surface area (Å²) < 4.78 is 34.7. The highest BCUT2D eigenvalue weighted by atomic mass is 16.6. The molecule has 4 heterocycles. The number of benzene rings is 2. The fourth-order valence-electron chi connectivity index (χ4n) is 18.3. The lowest BCUT2D eigenvalue weighted by Gasteiger charge is -2.36. The first-order valence-corrected chi connectivity index (χ1v) is 52.9. The number of isocyanates is 1. The second-order valence-corrected chi connectivity index (χ2v) is 42.2. The average molecular weight is 2060 g/mol. The van der Waals surface area contributed by atoms with E-state index in [1.54, 1.807) is 111 Å². The van der Waals surface area contributed by atoms with E-state index in [0.29, 0.717) is 80.7 Å². The maximum Gasteiger partial charge on any atom is 0.329 e. The van der Waals surface area contributed by atoms with Crippen LogP contribution in [-0.2, 0) is 104 Å². The first kappa shape index (κ1) is 128. The SMILES string of the molecule is CCCCN=C=O.CCCCNC(=O)N(C)[C@H](CC(C)C)C(=O)N[C@@H]1CN[C@H]([C@@H](C)CC)[C@@H](O)CC(=O)O[C@@H](C(C)C)C(=O)[C@H](C)C(=O)N[C@@H](CC(C)C)C(=O)N2CCC[C@H]2C(=O)N(C)[C@@H](Cc2ccc(OC)cc2)C(=O)O[C@@H]1C.CC[C@H](C)[C@H]1NC[C@@H](NC(=O)[C@@H](CC(C)C)NC)[C@@H](C)OC(=O)[C@H](Cc2ccc(OC)cc2)N(C)C(=O)[C@@H]2CCCN2C(=O)[C@H](CC(C)C)NC(=O)[C@@H](C)C(=O)[C@H](C(C)C)OC(=O)C[C@@H]1O. The number of ether oxygens (including phenoxy) is 6. The van der Waals surface area contributed by atoms with Crippen LogP contribution in [0.15, 0.2) is 53.5 Å². The van der Waals surface area contributed by atoms with Crippen LogP contribution in [-0.4, -0.2) is 320 Å². The Labute approximate surface area is 866 Å². The predicted molar refractivity (Wildman–Crippen MR) is 555 cm³/mol. The van der Waals surface area contributed by atoms with Gasteiger partial charge in [-0.1, -0.05) is 175 Å². The smallest absolute Gasteiger partial charge is 0.329 e. The Morgan fingerprint density at radius 1 is 0.534 bits per heavy atom. The zero-order chi connectivity index (χ0) is 110. The molecule has 2 aromatic rings. The number of urea groups is 1. The predicted octanol–water partition coefficient (Wildman–Crippen LogP) is 8.70. The highest BCUT2D eigenvalue weighted by Gasteiger charge is 2.48. The summed E-state index contributed by atoms with van der Waals surface area (Å²) in [5.74, 6) is -12.1. The maximum absolute atomic E-state index is 14.8. The Morgan fingerprint density at radius 2 is 0.918 bits per heavy atom. The Kier molecular flexibility index (Phi) is 56.0. The molecule has 0 radical (unpaired) electrons. The number of amides is 10. The van der Waals surface area contributed by atoms with Crippen LogP contribution in [0.5, 0.6) is 11.5 Å². The van der Waals surface area contributed by atoms with Gasteiger partial charge in [0.15, 0.2) is 23.8 Å². The second kappa shape index (κ2) is 64.0. The van der Waals surface area contributed by atoms with Gasteiger partial charge in [0.2, 0.25) is 53.3 Å². The number of nitrogens with one attached hydrogen (secondary N) is 8. The van der Waals surface area contributed by atoms with Crippen molar-refractivity contribution >= 4 is 94.8 Å². The molecule has 6 rings (SSSR count). The topological polar surface area (TPSA) is 494 Å². The highest BCUT2D eigenvalue weighted by Crippen LogP contribution is 2.31.